The van der Waals surface area contributed by atoms with E-state index in [4.69, 9.17) is 9.97 Å². The second-order valence-corrected chi connectivity index (χ2v) is 10.0. The molecule has 0 radical (unpaired) electrons. The molecule has 0 saturated heterocycles. The van der Waals surface area contributed by atoms with E-state index < -0.39 is 0 Å². The summed E-state index contributed by atoms with van der Waals surface area (Å²) in [5, 5.41) is 7.20. The van der Waals surface area contributed by atoms with Gasteiger partial charge in [0.05, 0.1) is 44.1 Å². The maximum atomic E-state index is 4.82. The van der Waals surface area contributed by atoms with Crippen molar-refractivity contribution in [3.8, 4) is 0 Å². The highest BCUT2D eigenvalue weighted by Crippen LogP contribution is 2.26. The van der Waals surface area contributed by atoms with Gasteiger partial charge in [0.1, 0.15) is 0 Å². The molecule has 2 heterocycles. The summed E-state index contributed by atoms with van der Waals surface area (Å²) in [5.74, 6) is 0. The van der Waals surface area contributed by atoms with Gasteiger partial charge in [0.2, 0.25) is 0 Å². The number of benzene rings is 7. The summed E-state index contributed by atoms with van der Waals surface area (Å²) in [6, 6.07) is 45.6. The molecule has 0 unspecified atom stereocenters. The lowest BCUT2D eigenvalue weighted by molar-refractivity contribution is 1.40. The molecule has 7 aromatic carbocycles. The third kappa shape index (κ3) is 3.94. The van der Waals surface area contributed by atoms with Gasteiger partial charge in [0.15, 0.2) is 0 Å². The van der Waals surface area contributed by atoms with Crippen molar-refractivity contribution in [2.75, 3.05) is 0 Å². The lowest BCUT2D eigenvalue weighted by Crippen LogP contribution is -1.88. The molecular formula is C36H22N4. The first-order valence-electron chi connectivity index (χ1n) is 13.3. The number of hydrogen-bond donors (Lipinski definition) is 0. The van der Waals surface area contributed by atoms with Crippen LogP contribution in [-0.4, -0.2) is 19.9 Å². The van der Waals surface area contributed by atoms with E-state index in [9.17, 15) is 0 Å². The maximum absolute atomic E-state index is 4.82. The van der Waals surface area contributed by atoms with E-state index in [1.807, 2.05) is 36.4 Å². The Hall–Kier alpha value is -5.48. The first kappa shape index (κ1) is 22.5. The highest BCUT2D eigenvalue weighted by atomic mass is 14.8. The monoisotopic (exact) mass is 510 g/mol. The first-order valence-corrected chi connectivity index (χ1v) is 13.3. The van der Waals surface area contributed by atoms with Crippen LogP contribution in [0.15, 0.2) is 133 Å². The highest BCUT2D eigenvalue weighted by Gasteiger charge is 2.06. The van der Waals surface area contributed by atoms with Crippen LogP contribution in [0.4, 0.5) is 0 Å². The van der Waals surface area contributed by atoms with Gasteiger partial charge in [-0.05, 0) is 80.8 Å². The Balaban J connectivity index is 0.000000125. The third-order valence-corrected chi connectivity index (χ3v) is 7.37. The zero-order valence-electron chi connectivity index (χ0n) is 21.5. The SMILES string of the molecule is c1ccc2cc3nc4cc5ccccc5cc4nc3cc2c1.c1ccc2cc3nc4ccccc4nc3cc2c1. The molecule has 0 aliphatic heterocycles. The predicted molar refractivity (Wildman–Crippen MR) is 167 cm³/mol. The highest BCUT2D eigenvalue weighted by molar-refractivity contribution is 6.01. The molecule has 0 N–H and O–H groups in total. The zero-order valence-corrected chi connectivity index (χ0v) is 21.5. The van der Waals surface area contributed by atoms with Crippen molar-refractivity contribution in [3.05, 3.63) is 133 Å². The molecule has 9 aromatic rings. The van der Waals surface area contributed by atoms with Crippen LogP contribution < -0.4 is 0 Å². The fraction of sp³-hybridized carbons (Fsp3) is 0. The van der Waals surface area contributed by atoms with E-state index in [1.165, 1.54) is 32.3 Å². The lowest BCUT2D eigenvalue weighted by Gasteiger charge is -2.05. The molecule has 0 saturated carbocycles. The van der Waals surface area contributed by atoms with Gasteiger partial charge in [-0.15, -0.1) is 0 Å². The molecule has 0 aliphatic carbocycles. The topological polar surface area (TPSA) is 51.6 Å². The molecule has 4 heteroatoms. The van der Waals surface area contributed by atoms with Crippen LogP contribution in [0, 0.1) is 0 Å². The van der Waals surface area contributed by atoms with Gasteiger partial charge in [0, 0.05) is 0 Å². The van der Waals surface area contributed by atoms with Crippen molar-refractivity contribution in [3.63, 3.8) is 0 Å². The minimum absolute atomic E-state index is 0.945. The number of hydrogen-bond acceptors (Lipinski definition) is 4. The minimum atomic E-state index is 0.945. The summed E-state index contributed by atoms with van der Waals surface area (Å²) in [5.41, 5.74) is 7.58. The number of aromatic nitrogens is 4. The van der Waals surface area contributed by atoms with Crippen molar-refractivity contribution in [2.24, 2.45) is 0 Å². The largest absolute Gasteiger partial charge is 0.244 e. The van der Waals surface area contributed by atoms with Gasteiger partial charge in [0.25, 0.3) is 0 Å². The van der Waals surface area contributed by atoms with Crippen LogP contribution in [0.5, 0.6) is 0 Å². The summed E-state index contributed by atoms with van der Waals surface area (Å²) < 4.78 is 0. The standard InChI is InChI=1S/C20H12N2.C16H10N2/c1-2-6-14-10-18-17(9-13(14)5-1)21-19-11-15-7-3-4-8-16(15)12-20(19)22-18;1-2-6-12-10-16-15(9-11(12)5-1)17-13-7-3-4-8-14(13)18-16/h1-12H;1-10H. The Morgan fingerprint density at radius 1 is 0.225 bits per heavy atom. The van der Waals surface area contributed by atoms with E-state index in [2.05, 4.69) is 107 Å². The van der Waals surface area contributed by atoms with Crippen molar-refractivity contribution in [1.29, 1.82) is 0 Å². The quantitative estimate of drug-likeness (QED) is 0.191. The van der Waals surface area contributed by atoms with E-state index >= 15 is 0 Å². The van der Waals surface area contributed by atoms with Gasteiger partial charge in [-0.1, -0.05) is 84.9 Å². The fourth-order valence-electron chi connectivity index (χ4n) is 5.36. The van der Waals surface area contributed by atoms with Crippen LogP contribution in [0.2, 0.25) is 0 Å². The molecule has 0 amide bonds. The fourth-order valence-corrected chi connectivity index (χ4v) is 5.36. The Labute approximate surface area is 229 Å². The Bertz CT molecular complexity index is 2070. The van der Waals surface area contributed by atoms with Gasteiger partial charge in [-0.2, -0.15) is 0 Å². The lowest BCUT2D eigenvalue weighted by atomic mass is 10.1. The molecule has 0 fully saturated rings. The van der Waals surface area contributed by atoms with E-state index in [0.717, 1.165) is 44.1 Å². The summed E-state index contributed by atoms with van der Waals surface area (Å²) in [4.78, 5) is 19.0. The van der Waals surface area contributed by atoms with Crippen LogP contribution in [-0.2, 0) is 0 Å². The molecule has 186 valence electrons. The van der Waals surface area contributed by atoms with Crippen molar-refractivity contribution in [1.82, 2.24) is 19.9 Å². The summed E-state index contributed by atoms with van der Waals surface area (Å²) >= 11 is 0. The molecule has 0 atom stereocenters. The maximum Gasteiger partial charge on any atom is 0.0901 e. The number of para-hydroxylation sites is 2. The normalized spacial score (nSPS) is 11.5. The second kappa shape index (κ2) is 9.07. The van der Waals surface area contributed by atoms with Gasteiger partial charge < -0.3 is 0 Å². The van der Waals surface area contributed by atoms with E-state index in [1.54, 1.807) is 0 Å². The van der Waals surface area contributed by atoms with Gasteiger partial charge in [-0.3, -0.25) is 0 Å². The molecule has 0 aliphatic rings. The molecular weight excluding hydrogens is 488 g/mol. The molecule has 0 spiro atoms. The second-order valence-electron chi connectivity index (χ2n) is 10.0. The number of nitrogens with zero attached hydrogens (tertiary/aromatic N) is 4. The van der Waals surface area contributed by atoms with Crippen LogP contribution in [0.3, 0.4) is 0 Å². The van der Waals surface area contributed by atoms with E-state index in [0.29, 0.717) is 0 Å². The average molecular weight is 511 g/mol. The zero-order chi connectivity index (χ0) is 26.5. The number of rotatable bonds is 0. The molecule has 2 aromatic heterocycles. The van der Waals surface area contributed by atoms with E-state index in [-0.39, 0.29) is 0 Å². The van der Waals surface area contributed by atoms with Gasteiger partial charge >= 0.3 is 0 Å². The van der Waals surface area contributed by atoms with Crippen molar-refractivity contribution >= 4 is 76.5 Å². The Kier molecular flexibility index (Phi) is 5.10. The van der Waals surface area contributed by atoms with Gasteiger partial charge in [-0.25, -0.2) is 19.9 Å². The summed E-state index contributed by atoms with van der Waals surface area (Å²) in [6.45, 7) is 0. The Morgan fingerprint density at radius 3 is 0.675 bits per heavy atom. The smallest absolute Gasteiger partial charge is 0.0901 e. The van der Waals surface area contributed by atoms with Crippen molar-refractivity contribution < 1.29 is 0 Å². The minimum Gasteiger partial charge on any atom is -0.244 e. The van der Waals surface area contributed by atoms with Crippen molar-refractivity contribution in [2.45, 2.75) is 0 Å². The molecule has 0 bridgehead atoms. The molecule has 40 heavy (non-hydrogen) atoms. The number of fused-ring (bicyclic) bond motifs is 7. The van der Waals surface area contributed by atoms with Crippen LogP contribution in [0.1, 0.15) is 0 Å². The summed E-state index contributed by atoms with van der Waals surface area (Å²) in [7, 11) is 0. The predicted octanol–water partition coefficient (Wildman–Crippen LogP) is 9.03. The summed E-state index contributed by atoms with van der Waals surface area (Å²) in [6.07, 6.45) is 0. The Morgan fingerprint density at radius 2 is 0.425 bits per heavy atom. The van der Waals surface area contributed by atoms with Crippen LogP contribution in [0.25, 0.3) is 76.5 Å². The first-order chi connectivity index (χ1) is 19.8. The molecule has 9 rings (SSSR count). The third-order valence-electron chi connectivity index (χ3n) is 7.37. The van der Waals surface area contributed by atoms with Crippen LogP contribution >= 0.6 is 0 Å². The molecule has 4 nitrogen and oxygen atoms in total. The average Bonchev–Trinajstić information content (AvgIpc) is 3.00.